The first kappa shape index (κ1) is 19.3. The molecule has 8 heteroatoms. The van der Waals surface area contributed by atoms with E-state index in [0.29, 0.717) is 16.1 Å². The average molecular weight is 390 g/mol. The Morgan fingerprint density at radius 1 is 1.37 bits per heavy atom. The number of fused-ring (bicyclic) bond motifs is 3. The maximum absolute atomic E-state index is 12.6. The number of carbonyl (C=O) groups excluding carboxylic acids is 2. The van der Waals surface area contributed by atoms with E-state index in [4.69, 9.17) is 9.47 Å². The van der Waals surface area contributed by atoms with E-state index in [9.17, 15) is 14.4 Å². The Balaban J connectivity index is 1.79. The van der Waals surface area contributed by atoms with Crippen molar-refractivity contribution in [1.82, 2.24) is 9.97 Å². The molecule has 27 heavy (non-hydrogen) atoms. The lowest BCUT2D eigenvalue weighted by atomic mass is 9.89. The molecule has 1 N–H and O–H groups in total. The highest BCUT2D eigenvalue weighted by molar-refractivity contribution is 7.18. The lowest BCUT2D eigenvalue weighted by molar-refractivity contribution is -0.144. The predicted octanol–water partition coefficient (Wildman–Crippen LogP) is 2.83. The van der Waals surface area contributed by atoms with Gasteiger partial charge in [-0.25, -0.2) is 14.6 Å². The van der Waals surface area contributed by atoms with Gasteiger partial charge < -0.3 is 14.5 Å². The summed E-state index contributed by atoms with van der Waals surface area (Å²) in [5, 5.41) is 0.659. The molecule has 0 saturated carbocycles. The quantitative estimate of drug-likeness (QED) is 0.623. The molecule has 0 saturated heterocycles. The van der Waals surface area contributed by atoms with Gasteiger partial charge >= 0.3 is 11.9 Å². The minimum Gasteiger partial charge on any atom is -0.463 e. The van der Waals surface area contributed by atoms with Gasteiger partial charge in [-0.15, -0.1) is 11.3 Å². The lowest BCUT2D eigenvalue weighted by Gasteiger charge is -2.17. The lowest BCUT2D eigenvalue weighted by Crippen LogP contribution is -2.17. The molecule has 0 spiro atoms. The van der Waals surface area contributed by atoms with Crippen LogP contribution in [0, 0.1) is 5.92 Å². The minimum atomic E-state index is -0.750. The molecule has 144 valence electrons. The average Bonchev–Trinajstić information content (AvgIpc) is 2.97. The van der Waals surface area contributed by atoms with Gasteiger partial charge in [-0.3, -0.25) is 4.79 Å². The maximum atomic E-state index is 12.6. The molecule has 0 aliphatic heterocycles. The second kappa shape index (κ2) is 8.04. The van der Waals surface area contributed by atoms with E-state index < -0.39 is 18.0 Å². The van der Waals surface area contributed by atoms with Crippen molar-refractivity contribution in [3.05, 3.63) is 38.8 Å². The molecule has 0 bridgehead atoms. The van der Waals surface area contributed by atoms with Crippen LogP contribution in [0.5, 0.6) is 0 Å². The van der Waals surface area contributed by atoms with Crippen LogP contribution in [0.25, 0.3) is 10.2 Å². The van der Waals surface area contributed by atoms with Crippen molar-refractivity contribution in [3.63, 3.8) is 0 Å². The molecule has 0 fully saturated rings. The summed E-state index contributed by atoms with van der Waals surface area (Å²) in [5.41, 5.74) is 0.905. The Hall–Kier alpha value is -2.48. The minimum absolute atomic E-state index is 0.202. The van der Waals surface area contributed by atoms with Crippen LogP contribution in [-0.2, 0) is 31.9 Å². The number of esters is 2. The molecular formula is C19H22N2O5S. The summed E-state index contributed by atoms with van der Waals surface area (Å²) < 4.78 is 9.93. The molecule has 0 unspecified atom stereocenters. The van der Waals surface area contributed by atoms with Crippen LogP contribution in [0.2, 0.25) is 0 Å². The Morgan fingerprint density at radius 3 is 2.85 bits per heavy atom. The Labute approximate surface area is 160 Å². The number of aromatic amines is 1. The van der Waals surface area contributed by atoms with Crippen LogP contribution in [0.4, 0.5) is 0 Å². The number of H-pyrrole nitrogens is 1. The van der Waals surface area contributed by atoms with E-state index in [-0.39, 0.29) is 18.0 Å². The topological polar surface area (TPSA) is 98.3 Å². The molecule has 7 nitrogen and oxygen atoms in total. The van der Waals surface area contributed by atoms with Gasteiger partial charge in [0.15, 0.2) is 11.9 Å². The summed E-state index contributed by atoms with van der Waals surface area (Å²) in [6.45, 7) is 5.73. The van der Waals surface area contributed by atoms with E-state index in [1.54, 1.807) is 25.2 Å². The van der Waals surface area contributed by atoms with Gasteiger partial charge in [0.05, 0.1) is 12.0 Å². The van der Waals surface area contributed by atoms with Gasteiger partial charge in [0.25, 0.3) is 5.56 Å². The zero-order valence-electron chi connectivity index (χ0n) is 15.5. The molecule has 1 aliphatic rings. The summed E-state index contributed by atoms with van der Waals surface area (Å²) in [4.78, 5) is 44.8. The smallest absolute Gasteiger partial charge is 0.331 e. The number of aromatic nitrogens is 2. The molecule has 0 amide bonds. The number of nitrogens with one attached hydrogen (secondary N) is 1. The van der Waals surface area contributed by atoms with Gasteiger partial charge in [-0.05, 0) is 44.6 Å². The van der Waals surface area contributed by atoms with Crippen molar-refractivity contribution in [2.24, 2.45) is 5.92 Å². The summed E-state index contributed by atoms with van der Waals surface area (Å²) in [6.07, 6.45) is 4.18. The summed E-state index contributed by atoms with van der Waals surface area (Å²) >= 11 is 1.54. The van der Waals surface area contributed by atoms with Crippen molar-refractivity contribution in [2.75, 3.05) is 6.61 Å². The molecule has 2 aromatic rings. The van der Waals surface area contributed by atoms with E-state index in [1.807, 2.05) is 0 Å². The van der Waals surface area contributed by atoms with E-state index in [2.05, 4.69) is 16.9 Å². The third-order valence-corrected chi connectivity index (χ3v) is 5.65. The monoisotopic (exact) mass is 390 g/mol. The van der Waals surface area contributed by atoms with Crippen LogP contribution in [0.1, 0.15) is 49.6 Å². The molecule has 1 aliphatic carbocycles. The highest BCUT2D eigenvalue weighted by atomic mass is 32.1. The van der Waals surface area contributed by atoms with Crippen molar-refractivity contribution in [3.8, 4) is 0 Å². The van der Waals surface area contributed by atoms with Gasteiger partial charge in [-0.2, -0.15) is 0 Å². The zero-order chi connectivity index (χ0) is 19.6. The number of ether oxygens (including phenoxy) is 2. The number of nitrogens with zero attached hydrogens (tertiary/aromatic N) is 1. The number of aryl methyl sites for hydroxylation is 1. The molecule has 2 aromatic heterocycles. The largest absolute Gasteiger partial charge is 0.463 e. The molecule has 2 atom stereocenters. The number of hydrogen-bond donors (Lipinski definition) is 1. The molecule has 3 rings (SSSR count). The number of hydrogen-bond acceptors (Lipinski definition) is 7. The molecule has 2 heterocycles. The Kier molecular flexibility index (Phi) is 5.74. The Bertz CT molecular complexity index is 959. The van der Waals surface area contributed by atoms with E-state index in [0.717, 1.165) is 37.0 Å². The normalized spacial score (nSPS) is 17.7. The second-order valence-electron chi connectivity index (χ2n) is 6.65. The highest BCUT2D eigenvalue weighted by Gasteiger charge is 2.24. The van der Waals surface area contributed by atoms with Crippen molar-refractivity contribution < 1.29 is 19.1 Å². The van der Waals surface area contributed by atoms with Crippen LogP contribution in [0.3, 0.4) is 0 Å². The fourth-order valence-corrected chi connectivity index (χ4v) is 4.54. The standard InChI is InChI=1S/C19H22N2O5S/c1-4-25-14(22)7-8-15(23)26-11(3)17-20-18(24)16-12-6-5-10(2)9-13(12)27-19(16)21-17/h7-8,10-11H,4-6,9H2,1-3H3,(H,20,21,24)/b8-7+/t10-,11-/m0/s1. The fourth-order valence-electron chi connectivity index (χ4n) is 3.15. The summed E-state index contributed by atoms with van der Waals surface area (Å²) in [7, 11) is 0. The molecule has 0 radical (unpaired) electrons. The first-order chi connectivity index (χ1) is 12.9. The van der Waals surface area contributed by atoms with Crippen molar-refractivity contribution in [1.29, 1.82) is 0 Å². The number of thiophene rings is 1. The SMILES string of the molecule is CCOC(=O)/C=C/C(=O)O[C@@H](C)c1nc2sc3c(c2c(=O)[nH]1)CC[C@H](C)C3. The molecule has 0 aromatic carbocycles. The van der Waals surface area contributed by atoms with Crippen molar-refractivity contribution in [2.45, 2.75) is 46.1 Å². The third kappa shape index (κ3) is 4.27. The van der Waals surface area contributed by atoms with E-state index in [1.165, 1.54) is 4.88 Å². The first-order valence-electron chi connectivity index (χ1n) is 8.99. The molecular weight excluding hydrogens is 368 g/mol. The maximum Gasteiger partial charge on any atom is 0.331 e. The van der Waals surface area contributed by atoms with Crippen molar-refractivity contribution >= 4 is 33.5 Å². The first-order valence-corrected chi connectivity index (χ1v) is 9.80. The summed E-state index contributed by atoms with van der Waals surface area (Å²) in [6, 6.07) is 0. The fraction of sp³-hybridized carbons (Fsp3) is 0.474. The van der Waals surface area contributed by atoms with Gasteiger partial charge in [0.1, 0.15) is 4.83 Å². The van der Waals surface area contributed by atoms with Gasteiger partial charge in [0.2, 0.25) is 0 Å². The van der Waals surface area contributed by atoms with Crippen LogP contribution < -0.4 is 5.56 Å². The highest BCUT2D eigenvalue weighted by Crippen LogP contribution is 2.35. The third-order valence-electron chi connectivity index (χ3n) is 4.50. The summed E-state index contributed by atoms with van der Waals surface area (Å²) in [5.74, 6) is -0.432. The number of carbonyl (C=O) groups is 2. The van der Waals surface area contributed by atoms with Crippen LogP contribution in [-0.4, -0.2) is 28.5 Å². The van der Waals surface area contributed by atoms with Crippen LogP contribution >= 0.6 is 11.3 Å². The van der Waals surface area contributed by atoms with E-state index >= 15 is 0 Å². The van der Waals surface area contributed by atoms with Gasteiger partial charge in [0, 0.05) is 17.0 Å². The van der Waals surface area contributed by atoms with Gasteiger partial charge in [-0.1, -0.05) is 6.92 Å². The zero-order valence-corrected chi connectivity index (χ0v) is 16.4. The Morgan fingerprint density at radius 2 is 2.11 bits per heavy atom. The van der Waals surface area contributed by atoms with Crippen LogP contribution in [0.15, 0.2) is 16.9 Å². The second-order valence-corrected chi connectivity index (χ2v) is 7.73. The number of rotatable bonds is 5. The predicted molar refractivity (Wildman–Crippen MR) is 102 cm³/mol.